The van der Waals surface area contributed by atoms with Crippen molar-refractivity contribution >= 4 is 5.82 Å². The second-order valence-corrected chi connectivity index (χ2v) is 5.97. The third-order valence-electron chi connectivity index (χ3n) is 3.48. The first-order chi connectivity index (χ1) is 9.46. The van der Waals surface area contributed by atoms with Crippen LogP contribution in [-0.4, -0.2) is 23.0 Å². The highest BCUT2D eigenvalue weighted by atomic mass is 16.5. The van der Waals surface area contributed by atoms with Crippen LogP contribution >= 0.6 is 0 Å². The monoisotopic (exact) mass is 273 g/mol. The van der Waals surface area contributed by atoms with Gasteiger partial charge in [-0.3, -0.25) is 4.68 Å². The second-order valence-electron chi connectivity index (χ2n) is 5.97. The van der Waals surface area contributed by atoms with Gasteiger partial charge < -0.3 is 15.2 Å². The van der Waals surface area contributed by atoms with Gasteiger partial charge in [-0.1, -0.05) is 19.9 Å². The van der Waals surface area contributed by atoms with Crippen LogP contribution < -0.4 is 15.2 Å². The Balaban J connectivity index is 1.98. The fourth-order valence-corrected chi connectivity index (χ4v) is 2.16. The van der Waals surface area contributed by atoms with Crippen molar-refractivity contribution < 1.29 is 9.47 Å². The SMILES string of the molecule is Cn1ncc(-c2ccc3c(c2)OCC(C)(C)CO3)c1N. The van der Waals surface area contributed by atoms with E-state index in [9.17, 15) is 0 Å². The molecule has 5 nitrogen and oxygen atoms in total. The summed E-state index contributed by atoms with van der Waals surface area (Å²) >= 11 is 0. The van der Waals surface area contributed by atoms with Gasteiger partial charge in [-0.05, 0) is 17.7 Å². The molecule has 0 spiro atoms. The lowest BCUT2D eigenvalue weighted by molar-refractivity contribution is 0.140. The molecular weight excluding hydrogens is 254 g/mol. The number of nitrogen functional groups attached to an aromatic ring is 1. The van der Waals surface area contributed by atoms with E-state index in [1.54, 1.807) is 10.9 Å². The molecule has 0 unspecified atom stereocenters. The highest BCUT2D eigenvalue weighted by Crippen LogP contribution is 2.37. The van der Waals surface area contributed by atoms with E-state index < -0.39 is 0 Å². The molecule has 0 atom stereocenters. The van der Waals surface area contributed by atoms with E-state index in [1.165, 1.54) is 0 Å². The van der Waals surface area contributed by atoms with Crippen LogP contribution in [0.5, 0.6) is 11.5 Å². The highest BCUT2D eigenvalue weighted by molar-refractivity contribution is 5.75. The number of benzene rings is 1. The molecule has 0 bridgehead atoms. The standard InChI is InChI=1S/C15H19N3O2/c1-15(2)8-19-12-5-4-10(6-13(12)20-9-15)11-7-17-18(3)14(11)16/h4-7H,8-9,16H2,1-3H3. The molecule has 1 aliphatic rings. The van der Waals surface area contributed by atoms with Crippen LogP contribution in [0.2, 0.25) is 0 Å². The van der Waals surface area contributed by atoms with Crippen molar-refractivity contribution in [3.8, 4) is 22.6 Å². The van der Waals surface area contributed by atoms with Crippen molar-refractivity contribution in [1.82, 2.24) is 9.78 Å². The van der Waals surface area contributed by atoms with Crippen molar-refractivity contribution in [3.05, 3.63) is 24.4 Å². The largest absolute Gasteiger partial charge is 0.489 e. The number of aromatic nitrogens is 2. The third kappa shape index (κ3) is 2.19. The zero-order valence-electron chi connectivity index (χ0n) is 12.0. The molecule has 0 saturated carbocycles. The van der Waals surface area contributed by atoms with Crippen LogP contribution in [0.1, 0.15) is 13.8 Å². The van der Waals surface area contributed by atoms with E-state index in [0.29, 0.717) is 19.0 Å². The molecular formula is C15H19N3O2. The summed E-state index contributed by atoms with van der Waals surface area (Å²) in [5, 5.41) is 4.17. The van der Waals surface area contributed by atoms with Gasteiger partial charge in [-0.25, -0.2) is 0 Å². The summed E-state index contributed by atoms with van der Waals surface area (Å²) in [7, 11) is 1.82. The molecule has 1 aromatic carbocycles. The first-order valence-corrected chi connectivity index (χ1v) is 6.64. The summed E-state index contributed by atoms with van der Waals surface area (Å²) in [6.45, 7) is 5.53. The molecule has 20 heavy (non-hydrogen) atoms. The van der Waals surface area contributed by atoms with Gasteiger partial charge in [0, 0.05) is 18.0 Å². The van der Waals surface area contributed by atoms with E-state index in [1.807, 2.05) is 25.2 Å². The van der Waals surface area contributed by atoms with E-state index in [2.05, 4.69) is 18.9 Å². The zero-order valence-corrected chi connectivity index (χ0v) is 12.0. The van der Waals surface area contributed by atoms with Gasteiger partial charge in [0.25, 0.3) is 0 Å². The number of hydrogen-bond acceptors (Lipinski definition) is 4. The number of aryl methyl sites for hydroxylation is 1. The van der Waals surface area contributed by atoms with Crippen molar-refractivity contribution in [3.63, 3.8) is 0 Å². The molecule has 2 aromatic rings. The fourth-order valence-electron chi connectivity index (χ4n) is 2.16. The fraction of sp³-hybridized carbons (Fsp3) is 0.400. The topological polar surface area (TPSA) is 62.3 Å². The average Bonchev–Trinajstić information content (AvgIpc) is 2.66. The number of anilines is 1. The number of nitrogens with zero attached hydrogens (tertiary/aromatic N) is 2. The second kappa shape index (κ2) is 4.44. The Kier molecular flexibility index (Phi) is 2.85. The summed E-state index contributed by atoms with van der Waals surface area (Å²) in [5.74, 6) is 2.18. The number of fused-ring (bicyclic) bond motifs is 1. The van der Waals surface area contributed by atoms with Gasteiger partial charge in [-0.15, -0.1) is 0 Å². The van der Waals surface area contributed by atoms with Crippen LogP contribution in [-0.2, 0) is 7.05 Å². The Hall–Kier alpha value is -2.17. The van der Waals surface area contributed by atoms with Crippen LogP contribution in [0.15, 0.2) is 24.4 Å². The first kappa shape index (κ1) is 12.8. The van der Waals surface area contributed by atoms with Crippen LogP contribution in [0, 0.1) is 5.41 Å². The number of ether oxygens (including phenoxy) is 2. The van der Waals surface area contributed by atoms with Crippen molar-refractivity contribution in [2.75, 3.05) is 18.9 Å². The molecule has 1 aromatic heterocycles. The van der Waals surface area contributed by atoms with Crippen molar-refractivity contribution in [2.45, 2.75) is 13.8 Å². The summed E-state index contributed by atoms with van der Waals surface area (Å²) in [6.07, 6.45) is 1.76. The molecule has 0 fully saturated rings. The molecule has 2 N–H and O–H groups in total. The Morgan fingerprint density at radius 1 is 1.20 bits per heavy atom. The maximum atomic E-state index is 6.01. The number of rotatable bonds is 1. The Morgan fingerprint density at radius 3 is 2.55 bits per heavy atom. The quantitative estimate of drug-likeness (QED) is 0.867. The Bertz CT molecular complexity index is 647. The van der Waals surface area contributed by atoms with E-state index >= 15 is 0 Å². The average molecular weight is 273 g/mol. The molecule has 0 saturated heterocycles. The summed E-state index contributed by atoms with van der Waals surface area (Å²) < 4.78 is 13.3. The molecule has 5 heteroatoms. The molecule has 106 valence electrons. The maximum absolute atomic E-state index is 6.01. The van der Waals surface area contributed by atoms with Crippen LogP contribution in [0.3, 0.4) is 0 Å². The lowest BCUT2D eigenvalue weighted by atomic mass is 9.97. The van der Waals surface area contributed by atoms with Gasteiger partial charge in [0.1, 0.15) is 5.82 Å². The summed E-state index contributed by atoms with van der Waals surface area (Å²) in [6, 6.07) is 5.87. The normalized spacial score (nSPS) is 16.8. The van der Waals surface area contributed by atoms with E-state index in [0.717, 1.165) is 22.6 Å². The molecule has 2 heterocycles. The van der Waals surface area contributed by atoms with Crippen molar-refractivity contribution in [1.29, 1.82) is 0 Å². The lowest BCUT2D eigenvalue weighted by Crippen LogP contribution is -2.26. The summed E-state index contributed by atoms with van der Waals surface area (Å²) in [4.78, 5) is 0. The minimum atomic E-state index is 0.00646. The molecule has 0 radical (unpaired) electrons. The minimum Gasteiger partial charge on any atom is -0.489 e. The lowest BCUT2D eigenvalue weighted by Gasteiger charge is -2.19. The van der Waals surface area contributed by atoms with Crippen LogP contribution in [0.25, 0.3) is 11.1 Å². The number of hydrogen-bond donors (Lipinski definition) is 1. The molecule has 0 aliphatic carbocycles. The van der Waals surface area contributed by atoms with Gasteiger partial charge in [0.2, 0.25) is 0 Å². The zero-order chi connectivity index (χ0) is 14.3. The third-order valence-corrected chi connectivity index (χ3v) is 3.48. The van der Waals surface area contributed by atoms with Gasteiger partial charge >= 0.3 is 0 Å². The van der Waals surface area contributed by atoms with E-state index in [4.69, 9.17) is 15.2 Å². The van der Waals surface area contributed by atoms with Crippen LogP contribution in [0.4, 0.5) is 5.82 Å². The van der Waals surface area contributed by atoms with E-state index in [-0.39, 0.29) is 5.41 Å². The smallest absolute Gasteiger partial charge is 0.161 e. The van der Waals surface area contributed by atoms with Gasteiger partial charge in [-0.2, -0.15) is 5.10 Å². The van der Waals surface area contributed by atoms with Crippen molar-refractivity contribution in [2.24, 2.45) is 12.5 Å². The summed E-state index contributed by atoms with van der Waals surface area (Å²) in [5.41, 5.74) is 7.91. The highest BCUT2D eigenvalue weighted by Gasteiger charge is 2.25. The molecule has 3 rings (SSSR count). The van der Waals surface area contributed by atoms with Gasteiger partial charge in [0.05, 0.1) is 19.4 Å². The molecule has 0 amide bonds. The first-order valence-electron chi connectivity index (χ1n) is 6.64. The predicted octanol–water partition coefficient (Wildman–Crippen LogP) is 2.47. The minimum absolute atomic E-state index is 0.00646. The Labute approximate surface area is 118 Å². The Morgan fingerprint density at radius 2 is 1.90 bits per heavy atom. The predicted molar refractivity (Wildman–Crippen MR) is 77.8 cm³/mol. The molecule has 1 aliphatic heterocycles. The van der Waals surface area contributed by atoms with Gasteiger partial charge in [0.15, 0.2) is 11.5 Å². The maximum Gasteiger partial charge on any atom is 0.161 e. The number of nitrogens with two attached hydrogens (primary N) is 1.